The lowest BCUT2D eigenvalue weighted by molar-refractivity contribution is -0.139. The van der Waals surface area contributed by atoms with Crippen LogP contribution >= 0.6 is 0 Å². The van der Waals surface area contributed by atoms with Gasteiger partial charge in [0, 0.05) is 6.61 Å². The molecule has 0 saturated carbocycles. The lowest BCUT2D eigenvalue weighted by Crippen LogP contribution is -2.34. The second-order valence-corrected chi connectivity index (χ2v) is 2.20. The molecule has 4 nitrogen and oxygen atoms in total. The molecule has 0 amide bonds. The minimum atomic E-state index is -1.31. The van der Waals surface area contributed by atoms with E-state index in [2.05, 4.69) is 0 Å². The molecule has 0 aromatic rings. The molecule has 0 aromatic heterocycles. The van der Waals surface area contributed by atoms with Gasteiger partial charge in [0.1, 0.15) is 12.2 Å². The zero-order valence-electron chi connectivity index (χ0n) is 6.78. The van der Waals surface area contributed by atoms with E-state index in [-0.39, 0.29) is 0 Å². The van der Waals surface area contributed by atoms with Gasteiger partial charge < -0.3 is 14.9 Å². The summed E-state index contributed by atoms with van der Waals surface area (Å²) < 4.78 is 4.91. The number of ketones is 1. The van der Waals surface area contributed by atoms with E-state index in [1.165, 1.54) is 0 Å². The largest absolute Gasteiger partial charge is 0.393 e. The Bertz CT molecular complexity index is 124. The summed E-state index contributed by atoms with van der Waals surface area (Å²) >= 11 is 0. The fourth-order valence-electron chi connectivity index (χ4n) is 0.693. The van der Waals surface area contributed by atoms with E-state index in [1.54, 1.807) is 13.8 Å². The van der Waals surface area contributed by atoms with Crippen LogP contribution < -0.4 is 0 Å². The summed E-state index contributed by atoms with van der Waals surface area (Å²) in [5.41, 5.74) is 0. The molecule has 0 aromatic carbocycles. The molecular formula is C7H14O4. The zero-order valence-corrected chi connectivity index (χ0v) is 6.78. The first-order valence-electron chi connectivity index (χ1n) is 3.57. The van der Waals surface area contributed by atoms with Crippen molar-refractivity contribution in [3.05, 3.63) is 0 Å². The fraction of sp³-hybridized carbons (Fsp3) is 0.857. The van der Waals surface area contributed by atoms with Crippen LogP contribution in [0.2, 0.25) is 0 Å². The average Bonchev–Trinajstić information content (AvgIpc) is 2.02. The summed E-state index contributed by atoms with van der Waals surface area (Å²) in [5.74, 6) is -0.477. The molecule has 66 valence electrons. The molecule has 0 rings (SSSR count). The van der Waals surface area contributed by atoms with Crippen LogP contribution in [0.25, 0.3) is 0 Å². The molecule has 0 saturated heterocycles. The van der Waals surface area contributed by atoms with Crippen LogP contribution in [0.5, 0.6) is 0 Å². The second-order valence-electron chi connectivity index (χ2n) is 2.20. The van der Waals surface area contributed by atoms with Crippen LogP contribution in [0.1, 0.15) is 13.8 Å². The molecule has 0 fully saturated rings. The van der Waals surface area contributed by atoms with E-state index in [0.717, 1.165) is 0 Å². The van der Waals surface area contributed by atoms with Crippen molar-refractivity contribution < 1.29 is 19.7 Å². The molecule has 4 heteroatoms. The van der Waals surface area contributed by atoms with E-state index < -0.39 is 24.6 Å². The molecule has 0 bridgehead atoms. The number of Topliss-reactive ketones (excluding diaryl/α,β-unsaturated/α-hetero) is 1. The van der Waals surface area contributed by atoms with Crippen molar-refractivity contribution in [1.29, 1.82) is 0 Å². The third-order valence-electron chi connectivity index (χ3n) is 1.32. The third kappa shape index (κ3) is 3.46. The summed E-state index contributed by atoms with van der Waals surface area (Å²) in [6.45, 7) is 3.18. The summed E-state index contributed by atoms with van der Waals surface area (Å²) in [6.07, 6.45) is -1.95. The maximum Gasteiger partial charge on any atom is 0.191 e. The molecule has 0 aliphatic rings. The monoisotopic (exact) mass is 162 g/mol. The number of carbonyl (C=O) groups excluding carboxylic acids is 1. The van der Waals surface area contributed by atoms with Gasteiger partial charge in [0.25, 0.3) is 0 Å². The van der Waals surface area contributed by atoms with E-state index in [9.17, 15) is 4.79 Å². The van der Waals surface area contributed by atoms with Crippen molar-refractivity contribution in [3.8, 4) is 0 Å². The Morgan fingerprint density at radius 2 is 2.18 bits per heavy atom. The highest BCUT2D eigenvalue weighted by atomic mass is 16.5. The molecule has 0 spiro atoms. The molecular weight excluding hydrogens is 148 g/mol. The lowest BCUT2D eigenvalue weighted by atomic mass is 10.1. The number of hydrogen-bond donors (Lipinski definition) is 2. The maximum absolute atomic E-state index is 10.9. The summed E-state index contributed by atoms with van der Waals surface area (Å²) in [6, 6.07) is 0. The zero-order chi connectivity index (χ0) is 8.85. The van der Waals surface area contributed by atoms with E-state index in [1.807, 2.05) is 0 Å². The molecule has 2 N–H and O–H groups in total. The Morgan fingerprint density at radius 1 is 1.64 bits per heavy atom. The number of aliphatic hydroxyl groups excluding tert-OH is 2. The van der Waals surface area contributed by atoms with Crippen LogP contribution in [0.15, 0.2) is 0 Å². The summed E-state index contributed by atoms with van der Waals surface area (Å²) in [5, 5.41) is 17.2. The molecule has 0 aliphatic carbocycles. The summed E-state index contributed by atoms with van der Waals surface area (Å²) in [4.78, 5) is 10.9. The van der Waals surface area contributed by atoms with Gasteiger partial charge >= 0.3 is 0 Å². The highest BCUT2D eigenvalue weighted by molar-refractivity contribution is 5.86. The van der Waals surface area contributed by atoms with Gasteiger partial charge in [0.15, 0.2) is 5.78 Å². The van der Waals surface area contributed by atoms with Gasteiger partial charge in [-0.2, -0.15) is 0 Å². The van der Waals surface area contributed by atoms with E-state index >= 15 is 0 Å². The van der Waals surface area contributed by atoms with Gasteiger partial charge in [-0.05, 0) is 13.8 Å². The first kappa shape index (κ1) is 10.6. The highest BCUT2D eigenvalue weighted by Crippen LogP contribution is 1.96. The normalized spacial score (nSPS) is 16.0. The molecule has 2 atom stereocenters. The van der Waals surface area contributed by atoms with Crippen molar-refractivity contribution in [2.24, 2.45) is 0 Å². The van der Waals surface area contributed by atoms with Crippen LogP contribution in [0.4, 0.5) is 0 Å². The van der Waals surface area contributed by atoms with Crippen LogP contribution in [-0.4, -0.2) is 41.4 Å². The Hall–Kier alpha value is -0.450. The first-order valence-corrected chi connectivity index (χ1v) is 3.57. The van der Waals surface area contributed by atoms with Crippen molar-refractivity contribution in [3.63, 3.8) is 0 Å². The molecule has 2 unspecified atom stereocenters. The predicted molar refractivity (Wildman–Crippen MR) is 39.2 cm³/mol. The Kier molecular flexibility index (Phi) is 5.02. The number of carbonyl (C=O) groups is 1. The molecule has 0 heterocycles. The van der Waals surface area contributed by atoms with Crippen molar-refractivity contribution >= 4 is 5.78 Å². The minimum Gasteiger partial charge on any atom is -0.393 e. The van der Waals surface area contributed by atoms with Crippen molar-refractivity contribution in [2.45, 2.75) is 26.1 Å². The predicted octanol–water partition coefficient (Wildman–Crippen LogP) is -0.666. The Balaban J connectivity index is 3.81. The number of hydrogen-bond acceptors (Lipinski definition) is 4. The summed E-state index contributed by atoms with van der Waals surface area (Å²) in [7, 11) is 0. The molecule has 0 aliphatic heterocycles. The average molecular weight is 162 g/mol. The van der Waals surface area contributed by atoms with E-state index in [0.29, 0.717) is 6.61 Å². The van der Waals surface area contributed by atoms with Crippen LogP contribution in [0.3, 0.4) is 0 Å². The minimum absolute atomic E-state index is 0.422. The maximum atomic E-state index is 10.9. The van der Waals surface area contributed by atoms with Gasteiger partial charge in [-0.25, -0.2) is 0 Å². The van der Waals surface area contributed by atoms with Gasteiger partial charge in [0.05, 0.1) is 6.61 Å². The smallest absolute Gasteiger partial charge is 0.191 e. The number of ether oxygens (including phenoxy) is 1. The quantitative estimate of drug-likeness (QED) is 0.563. The molecule has 11 heavy (non-hydrogen) atoms. The van der Waals surface area contributed by atoms with Gasteiger partial charge in [-0.3, -0.25) is 4.79 Å². The van der Waals surface area contributed by atoms with Gasteiger partial charge in [-0.1, -0.05) is 0 Å². The Morgan fingerprint density at radius 3 is 2.55 bits per heavy atom. The number of aliphatic hydroxyl groups is 2. The first-order chi connectivity index (χ1) is 5.13. The van der Waals surface area contributed by atoms with Crippen molar-refractivity contribution in [1.82, 2.24) is 0 Å². The van der Waals surface area contributed by atoms with Crippen molar-refractivity contribution in [2.75, 3.05) is 13.2 Å². The lowest BCUT2D eigenvalue weighted by Gasteiger charge is -2.12. The number of rotatable bonds is 5. The van der Waals surface area contributed by atoms with Gasteiger partial charge in [-0.15, -0.1) is 0 Å². The van der Waals surface area contributed by atoms with Crippen LogP contribution in [0, 0.1) is 0 Å². The SMILES string of the molecule is CCOC(C)C(=O)C(O)CO. The second kappa shape index (κ2) is 5.23. The topological polar surface area (TPSA) is 66.8 Å². The van der Waals surface area contributed by atoms with Crippen LogP contribution in [-0.2, 0) is 9.53 Å². The standard InChI is InChI=1S/C7H14O4/c1-3-11-5(2)7(10)6(9)4-8/h5-6,8-9H,3-4H2,1-2H3. The molecule has 0 radical (unpaired) electrons. The third-order valence-corrected chi connectivity index (χ3v) is 1.32. The fourth-order valence-corrected chi connectivity index (χ4v) is 0.693. The Labute approximate surface area is 65.8 Å². The van der Waals surface area contributed by atoms with E-state index in [4.69, 9.17) is 14.9 Å². The van der Waals surface area contributed by atoms with Gasteiger partial charge in [0.2, 0.25) is 0 Å². The highest BCUT2D eigenvalue weighted by Gasteiger charge is 2.20.